The van der Waals surface area contributed by atoms with Gasteiger partial charge < -0.3 is 5.73 Å². The Balaban J connectivity index is 1.98. The molecule has 0 aromatic rings. The Morgan fingerprint density at radius 1 is 1.22 bits per heavy atom. The molecule has 1 unspecified atom stereocenters. The first kappa shape index (κ1) is 5.48. The quantitative estimate of drug-likeness (QED) is 0.520. The van der Waals surface area contributed by atoms with Gasteiger partial charge in [0.1, 0.15) is 0 Å². The monoisotopic (exact) mass is 123 g/mol. The summed E-state index contributed by atoms with van der Waals surface area (Å²) < 4.78 is 0. The lowest BCUT2D eigenvalue weighted by Crippen LogP contribution is -2.02. The van der Waals surface area contributed by atoms with Crippen molar-refractivity contribution >= 4 is 0 Å². The van der Waals surface area contributed by atoms with Crippen molar-refractivity contribution in [3.05, 3.63) is 12.2 Å². The summed E-state index contributed by atoms with van der Waals surface area (Å²) in [4.78, 5) is 0. The zero-order chi connectivity index (χ0) is 6.27. The fraction of sp³-hybridized carbons (Fsp3) is 0.750. The van der Waals surface area contributed by atoms with Crippen LogP contribution in [0.5, 0.6) is 0 Å². The van der Waals surface area contributed by atoms with Crippen LogP contribution in [-0.2, 0) is 0 Å². The van der Waals surface area contributed by atoms with E-state index in [9.17, 15) is 0 Å². The highest BCUT2D eigenvalue weighted by Gasteiger charge is 2.47. The van der Waals surface area contributed by atoms with E-state index >= 15 is 0 Å². The highest BCUT2D eigenvalue weighted by molar-refractivity contribution is 5.08. The maximum atomic E-state index is 5.57. The van der Waals surface area contributed by atoms with Crippen LogP contribution in [0, 0.1) is 17.8 Å². The van der Waals surface area contributed by atoms with Crippen LogP contribution in [0.4, 0.5) is 0 Å². The Labute approximate surface area is 55.9 Å². The number of allylic oxidation sites excluding steroid dienone is 2. The second-order valence-corrected chi connectivity index (χ2v) is 3.17. The largest absolute Gasteiger partial charge is 0.330 e. The topological polar surface area (TPSA) is 26.0 Å². The molecule has 3 atom stereocenters. The predicted molar refractivity (Wildman–Crippen MR) is 37.9 cm³/mol. The average Bonchev–Trinajstić information content (AvgIpc) is 2.60. The SMILES string of the molecule is NCC1[C@H]2CC=CC[C@@H]12. The van der Waals surface area contributed by atoms with E-state index in [0.29, 0.717) is 0 Å². The summed E-state index contributed by atoms with van der Waals surface area (Å²) in [5, 5.41) is 0. The van der Waals surface area contributed by atoms with Crippen molar-refractivity contribution < 1.29 is 0 Å². The minimum atomic E-state index is 0.875. The van der Waals surface area contributed by atoms with Crippen molar-refractivity contribution in [3.63, 3.8) is 0 Å². The molecule has 9 heavy (non-hydrogen) atoms. The highest BCUT2D eigenvalue weighted by Crippen LogP contribution is 2.52. The lowest BCUT2D eigenvalue weighted by Gasteiger charge is -1.96. The molecule has 0 aromatic heterocycles. The summed E-state index contributed by atoms with van der Waals surface area (Å²) in [7, 11) is 0. The molecule has 0 saturated heterocycles. The molecule has 2 N–H and O–H groups in total. The summed E-state index contributed by atoms with van der Waals surface area (Å²) in [6.07, 6.45) is 7.20. The third kappa shape index (κ3) is 0.715. The van der Waals surface area contributed by atoms with Gasteiger partial charge in [-0.3, -0.25) is 0 Å². The molecule has 0 heterocycles. The summed E-state index contributed by atoms with van der Waals surface area (Å²) in [5.74, 6) is 2.82. The van der Waals surface area contributed by atoms with E-state index < -0.39 is 0 Å². The molecule has 0 radical (unpaired) electrons. The van der Waals surface area contributed by atoms with Gasteiger partial charge in [-0.1, -0.05) is 12.2 Å². The van der Waals surface area contributed by atoms with Crippen molar-refractivity contribution in [2.45, 2.75) is 12.8 Å². The molecule has 2 aliphatic rings. The third-order valence-corrected chi connectivity index (χ3v) is 2.76. The number of rotatable bonds is 1. The van der Waals surface area contributed by atoms with Crippen LogP contribution in [0.2, 0.25) is 0 Å². The van der Waals surface area contributed by atoms with Gasteiger partial charge >= 0.3 is 0 Å². The summed E-state index contributed by atoms with van der Waals surface area (Å²) in [6.45, 7) is 0.914. The van der Waals surface area contributed by atoms with Gasteiger partial charge in [-0.25, -0.2) is 0 Å². The molecule has 0 bridgehead atoms. The van der Waals surface area contributed by atoms with Crippen LogP contribution >= 0.6 is 0 Å². The third-order valence-electron chi connectivity index (χ3n) is 2.76. The van der Waals surface area contributed by atoms with E-state index in [1.165, 1.54) is 12.8 Å². The Morgan fingerprint density at radius 3 is 2.22 bits per heavy atom. The van der Waals surface area contributed by atoms with E-state index in [-0.39, 0.29) is 0 Å². The van der Waals surface area contributed by atoms with Gasteiger partial charge in [0.15, 0.2) is 0 Å². The van der Waals surface area contributed by atoms with Crippen molar-refractivity contribution in [2.75, 3.05) is 6.54 Å². The number of hydrogen-bond donors (Lipinski definition) is 1. The van der Waals surface area contributed by atoms with E-state index in [4.69, 9.17) is 5.73 Å². The second kappa shape index (κ2) is 1.84. The Bertz CT molecular complexity index is 126. The van der Waals surface area contributed by atoms with E-state index in [2.05, 4.69) is 12.2 Å². The second-order valence-electron chi connectivity index (χ2n) is 3.17. The van der Waals surface area contributed by atoms with Crippen LogP contribution in [0.1, 0.15) is 12.8 Å². The zero-order valence-electron chi connectivity index (χ0n) is 5.59. The number of hydrogen-bond acceptors (Lipinski definition) is 1. The molecule has 1 fully saturated rings. The van der Waals surface area contributed by atoms with Crippen LogP contribution in [0.15, 0.2) is 12.2 Å². The lowest BCUT2D eigenvalue weighted by molar-refractivity contribution is 0.689. The maximum absolute atomic E-state index is 5.57. The van der Waals surface area contributed by atoms with E-state index in [1.54, 1.807) is 0 Å². The van der Waals surface area contributed by atoms with Gasteiger partial charge in [0.2, 0.25) is 0 Å². The van der Waals surface area contributed by atoms with Crippen LogP contribution < -0.4 is 5.73 Å². The number of fused-ring (bicyclic) bond motifs is 1. The molecule has 0 amide bonds. The minimum absolute atomic E-state index is 0.875. The molecule has 0 aliphatic heterocycles. The Hall–Kier alpha value is -0.300. The molecule has 2 rings (SSSR count). The fourth-order valence-corrected chi connectivity index (χ4v) is 2.08. The molecule has 1 nitrogen and oxygen atoms in total. The lowest BCUT2D eigenvalue weighted by atomic mass is 10.1. The highest BCUT2D eigenvalue weighted by atomic mass is 14.7. The molecule has 50 valence electrons. The van der Waals surface area contributed by atoms with Gasteiger partial charge in [0.05, 0.1) is 0 Å². The van der Waals surface area contributed by atoms with Crippen molar-refractivity contribution in [1.29, 1.82) is 0 Å². The van der Waals surface area contributed by atoms with Gasteiger partial charge in [0, 0.05) is 0 Å². The molecular formula is C8H13N. The molecule has 0 spiro atoms. The first-order valence-electron chi connectivity index (χ1n) is 3.78. The van der Waals surface area contributed by atoms with E-state index in [1.807, 2.05) is 0 Å². The summed E-state index contributed by atoms with van der Waals surface area (Å²) in [6, 6.07) is 0. The van der Waals surface area contributed by atoms with Crippen LogP contribution in [0.25, 0.3) is 0 Å². The van der Waals surface area contributed by atoms with Gasteiger partial charge in [-0.15, -0.1) is 0 Å². The van der Waals surface area contributed by atoms with Crippen molar-refractivity contribution in [3.8, 4) is 0 Å². The van der Waals surface area contributed by atoms with Gasteiger partial charge in [-0.2, -0.15) is 0 Å². The molecule has 2 aliphatic carbocycles. The standard InChI is InChI=1S/C8H13N/c9-5-8-6-3-1-2-4-7(6)8/h1-2,6-8H,3-5,9H2/t6-,7+,8?. The fourth-order valence-electron chi connectivity index (χ4n) is 2.08. The molecule has 0 aromatic carbocycles. The molecule has 1 saturated carbocycles. The predicted octanol–water partition coefficient (Wildman–Crippen LogP) is 1.16. The van der Waals surface area contributed by atoms with Crippen molar-refractivity contribution in [2.24, 2.45) is 23.5 Å². The smallest absolute Gasteiger partial charge is 0.00431 e. The Morgan fingerprint density at radius 2 is 1.78 bits per heavy atom. The van der Waals surface area contributed by atoms with Crippen LogP contribution in [0.3, 0.4) is 0 Å². The maximum Gasteiger partial charge on any atom is -0.00431 e. The molecular weight excluding hydrogens is 110 g/mol. The summed E-state index contributed by atoms with van der Waals surface area (Å²) >= 11 is 0. The zero-order valence-corrected chi connectivity index (χ0v) is 5.59. The van der Waals surface area contributed by atoms with Gasteiger partial charge in [-0.05, 0) is 37.1 Å². The van der Waals surface area contributed by atoms with Crippen LogP contribution in [-0.4, -0.2) is 6.54 Å². The summed E-state index contributed by atoms with van der Waals surface area (Å²) in [5.41, 5.74) is 5.57. The van der Waals surface area contributed by atoms with Gasteiger partial charge in [0.25, 0.3) is 0 Å². The first-order chi connectivity index (χ1) is 4.43. The Kier molecular flexibility index (Phi) is 1.12. The minimum Gasteiger partial charge on any atom is -0.330 e. The molecule has 1 heteroatoms. The van der Waals surface area contributed by atoms with Crippen molar-refractivity contribution in [1.82, 2.24) is 0 Å². The van der Waals surface area contributed by atoms with E-state index in [0.717, 1.165) is 24.3 Å². The average molecular weight is 123 g/mol. The number of nitrogens with two attached hydrogens (primary N) is 1. The first-order valence-corrected chi connectivity index (χ1v) is 3.78. The normalized spacial score (nSPS) is 46.6.